The molecule has 18 heavy (non-hydrogen) atoms. The van der Waals surface area contributed by atoms with Gasteiger partial charge < -0.3 is 10.3 Å². The Hall–Kier alpha value is -1.28. The molecule has 2 heteroatoms. The predicted molar refractivity (Wildman–Crippen MR) is 76.6 cm³/mol. The quantitative estimate of drug-likeness (QED) is 0.837. The lowest BCUT2D eigenvalue weighted by atomic mass is 9.99. The lowest BCUT2D eigenvalue weighted by Gasteiger charge is -2.20. The minimum Gasteiger partial charge on any atom is -0.361 e. The fourth-order valence-corrected chi connectivity index (χ4v) is 3.12. The second-order valence-corrected chi connectivity index (χ2v) is 5.61. The highest BCUT2D eigenvalue weighted by Crippen LogP contribution is 2.27. The molecule has 2 N–H and O–H groups in total. The number of rotatable bonds is 4. The van der Waals surface area contributed by atoms with Crippen LogP contribution in [-0.4, -0.2) is 11.0 Å². The fraction of sp³-hybridized carbons (Fsp3) is 0.500. The van der Waals surface area contributed by atoms with Gasteiger partial charge >= 0.3 is 0 Å². The van der Waals surface area contributed by atoms with Gasteiger partial charge in [0.15, 0.2) is 0 Å². The summed E-state index contributed by atoms with van der Waals surface area (Å²) in [6.45, 7) is 3.32. The van der Waals surface area contributed by atoms with E-state index in [1.54, 1.807) is 0 Å². The number of aromatic amines is 1. The van der Waals surface area contributed by atoms with Gasteiger partial charge in [-0.25, -0.2) is 0 Å². The van der Waals surface area contributed by atoms with Crippen molar-refractivity contribution in [3.8, 4) is 0 Å². The summed E-state index contributed by atoms with van der Waals surface area (Å²) in [5.74, 6) is 0.890. The summed E-state index contributed by atoms with van der Waals surface area (Å²) in [7, 11) is 0. The van der Waals surface area contributed by atoms with Gasteiger partial charge in [0.1, 0.15) is 0 Å². The largest absolute Gasteiger partial charge is 0.361 e. The van der Waals surface area contributed by atoms with Crippen LogP contribution in [0.25, 0.3) is 10.9 Å². The van der Waals surface area contributed by atoms with Crippen LogP contribution in [0.2, 0.25) is 0 Å². The molecule has 1 aliphatic carbocycles. The van der Waals surface area contributed by atoms with Gasteiger partial charge in [0.25, 0.3) is 0 Å². The molecule has 1 aliphatic rings. The van der Waals surface area contributed by atoms with Gasteiger partial charge in [-0.1, -0.05) is 18.9 Å². The van der Waals surface area contributed by atoms with Crippen molar-refractivity contribution in [3.63, 3.8) is 0 Å². The Balaban J connectivity index is 1.61. The van der Waals surface area contributed by atoms with E-state index in [1.165, 1.54) is 42.1 Å². The molecule has 1 aromatic heterocycles. The van der Waals surface area contributed by atoms with Crippen LogP contribution in [0.15, 0.2) is 30.5 Å². The van der Waals surface area contributed by atoms with E-state index in [9.17, 15) is 0 Å². The number of fused-ring (bicyclic) bond motifs is 1. The average molecular weight is 242 g/mol. The third-order valence-corrected chi connectivity index (χ3v) is 4.35. The van der Waals surface area contributed by atoms with Crippen molar-refractivity contribution in [2.45, 2.75) is 45.2 Å². The van der Waals surface area contributed by atoms with Crippen molar-refractivity contribution in [2.24, 2.45) is 5.92 Å². The topological polar surface area (TPSA) is 27.8 Å². The number of benzene rings is 1. The maximum Gasteiger partial charge on any atom is 0.0454 e. The summed E-state index contributed by atoms with van der Waals surface area (Å²) in [5.41, 5.74) is 2.61. The first-order valence-corrected chi connectivity index (χ1v) is 7.12. The van der Waals surface area contributed by atoms with Crippen LogP contribution in [-0.2, 0) is 6.54 Å². The summed E-state index contributed by atoms with van der Waals surface area (Å²) < 4.78 is 0. The molecule has 1 aromatic carbocycles. The van der Waals surface area contributed by atoms with Gasteiger partial charge in [0.2, 0.25) is 0 Å². The van der Waals surface area contributed by atoms with E-state index in [-0.39, 0.29) is 0 Å². The Morgan fingerprint density at radius 2 is 2.11 bits per heavy atom. The normalized spacial score (nSPS) is 18.5. The third kappa shape index (κ3) is 2.44. The summed E-state index contributed by atoms with van der Waals surface area (Å²) in [6.07, 6.45) is 7.66. The van der Waals surface area contributed by atoms with Crippen molar-refractivity contribution in [3.05, 3.63) is 36.0 Å². The van der Waals surface area contributed by atoms with E-state index < -0.39 is 0 Å². The van der Waals surface area contributed by atoms with Crippen LogP contribution in [0, 0.1) is 5.92 Å². The van der Waals surface area contributed by atoms with E-state index >= 15 is 0 Å². The van der Waals surface area contributed by atoms with E-state index in [0.717, 1.165) is 12.5 Å². The molecule has 2 aromatic rings. The van der Waals surface area contributed by atoms with Crippen LogP contribution in [0.1, 0.15) is 38.2 Å². The molecule has 0 unspecified atom stereocenters. The van der Waals surface area contributed by atoms with Crippen LogP contribution in [0.3, 0.4) is 0 Å². The minimum atomic E-state index is 0.648. The van der Waals surface area contributed by atoms with E-state index in [0.29, 0.717) is 6.04 Å². The molecule has 0 spiro atoms. The molecule has 0 saturated heterocycles. The molecule has 0 amide bonds. The van der Waals surface area contributed by atoms with Crippen molar-refractivity contribution >= 4 is 10.9 Å². The summed E-state index contributed by atoms with van der Waals surface area (Å²) in [6, 6.07) is 9.45. The number of nitrogens with one attached hydrogen (secondary N) is 2. The first kappa shape index (κ1) is 11.8. The van der Waals surface area contributed by atoms with Gasteiger partial charge in [-0.2, -0.15) is 0 Å². The van der Waals surface area contributed by atoms with Crippen molar-refractivity contribution in [1.29, 1.82) is 0 Å². The van der Waals surface area contributed by atoms with Crippen molar-refractivity contribution in [2.75, 3.05) is 0 Å². The first-order valence-electron chi connectivity index (χ1n) is 7.12. The molecule has 2 nitrogen and oxygen atoms in total. The minimum absolute atomic E-state index is 0.648. The first-order chi connectivity index (χ1) is 8.83. The van der Waals surface area contributed by atoms with Crippen LogP contribution < -0.4 is 5.32 Å². The summed E-state index contributed by atoms with van der Waals surface area (Å²) >= 11 is 0. The zero-order chi connectivity index (χ0) is 12.4. The van der Waals surface area contributed by atoms with Crippen LogP contribution >= 0.6 is 0 Å². The third-order valence-electron chi connectivity index (χ3n) is 4.35. The van der Waals surface area contributed by atoms with Crippen LogP contribution in [0.4, 0.5) is 0 Å². The Labute approximate surface area is 109 Å². The lowest BCUT2D eigenvalue weighted by molar-refractivity contribution is 0.380. The van der Waals surface area contributed by atoms with Gasteiger partial charge in [-0.05, 0) is 54.8 Å². The van der Waals surface area contributed by atoms with Gasteiger partial charge in [0, 0.05) is 24.3 Å². The SMILES string of the molecule is C[C@@H](NCc1ccc2[nH]ccc2c1)C1CCCC1. The molecule has 0 aliphatic heterocycles. The molecular formula is C16H22N2. The standard InChI is InChI=1S/C16H22N2/c1-12(14-4-2-3-5-14)18-11-13-6-7-16-15(10-13)8-9-17-16/h6-10,12,14,17-18H,2-5,11H2,1H3/t12-/m1/s1. The average Bonchev–Trinajstić information content (AvgIpc) is 3.05. The molecule has 1 heterocycles. The predicted octanol–water partition coefficient (Wildman–Crippen LogP) is 3.84. The maximum absolute atomic E-state index is 3.69. The molecular weight excluding hydrogens is 220 g/mol. The highest BCUT2D eigenvalue weighted by atomic mass is 14.9. The monoisotopic (exact) mass is 242 g/mol. The second kappa shape index (κ2) is 5.15. The molecule has 0 bridgehead atoms. The second-order valence-electron chi connectivity index (χ2n) is 5.61. The molecule has 1 atom stereocenters. The Morgan fingerprint density at radius 1 is 1.28 bits per heavy atom. The van der Waals surface area contributed by atoms with Crippen molar-refractivity contribution < 1.29 is 0 Å². The highest BCUT2D eigenvalue weighted by molar-refractivity contribution is 5.79. The van der Waals surface area contributed by atoms with Crippen molar-refractivity contribution in [1.82, 2.24) is 10.3 Å². The van der Waals surface area contributed by atoms with Crippen LogP contribution in [0.5, 0.6) is 0 Å². The summed E-state index contributed by atoms with van der Waals surface area (Å²) in [4.78, 5) is 3.24. The Kier molecular flexibility index (Phi) is 3.37. The number of hydrogen-bond donors (Lipinski definition) is 2. The van der Waals surface area contributed by atoms with Gasteiger partial charge in [-0.15, -0.1) is 0 Å². The number of aromatic nitrogens is 1. The molecule has 96 valence electrons. The molecule has 1 saturated carbocycles. The Morgan fingerprint density at radius 3 is 2.94 bits per heavy atom. The van der Waals surface area contributed by atoms with E-state index in [2.05, 4.69) is 41.5 Å². The number of hydrogen-bond acceptors (Lipinski definition) is 1. The zero-order valence-corrected chi connectivity index (χ0v) is 11.1. The maximum atomic E-state index is 3.69. The molecule has 0 radical (unpaired) electrons. The molecule has 3 rings (SSSR count). The lowest BCUT2D eigenvalue weighted by Crippen LogP contribution is -2.31. The molecule has 1 fully saturated rings. The van der Waals surface area contributed by atoms with E-state index in [1.807, 2.05) is 6.20 Å². The smallest absolute Gasteiger partial charge is 0.0454 e. The van der Waals surface area contributed by atoms with E-state index in [4.69, 9.17) is 0 Å². The van der Waals surface area contributed by atoms with Gasteiger partial charge in [-0.3, -0.25) is 0 Å². The number of H-pyrrole nitrogens is 1. The Bertz CT molecular complexity index is 509. The highest BCUT2D eigenvalue weighted by Gasteiger charge is 2.20. The summed E-state index contributed by atoms with van der Waals surface area (Å²) in [5, 5.41) is 5.00. The van der Waals surface area contributed by atoms with Gasteiger partial charge in [0.05, 0.1) is 0 Å². The zero-order valence-electron chi connectivity index (χ0n) is 11.1. The fourth-order valence-electron chi connectivity index (χ4n) is 3.12.